The number of rotatable bonds is 4. The minimum Gasteiger partial charge on any atom is -0.368 e. The van der Waals surface area contributed by atoms with Crippen molar-refractivity contribution >= 4 is 5.82 Å². The molecule has 2 unspecified atom stereocenters. The van der Waals surface area contributed by atoms with Gasteiger partial charge in [-0.15, -0.1) is 0 Å². The molecule has 0 amide bonds. The van der Waals surface area contributed by atoms with Crippen LogP contribution in [0.2, 0.25) is 0 Å². The molecular weight excluding hydrogens is 150 g/mol. The van der Waals surface area contributed by atoms with Crippen LogP contribution in [0.25, 0.3) is 0 Å². The summed E-state index contributed by atoms with van der Waals surface area (Å²) in [6.45, 7) is 6.64. The topological polar surface area (TPSA) is 40.7 Å². The van der Waals surface area contributed by atoms with Crippen LogP contribution in [0, 0.1) is 5.92 Å². The number of anilines is 1. The van der Waals surface area contributed by atoms with Gasteiger partial charge in [0.1, 0.15) is 5.82 Å². The Morgan fingerprint density at radius 3 is 2.83 bits per heavy atom. The second kappa shape index (κ2) is 4.14. The molecule has 1 heterocycles. The van der Waals surface area contributed by atoms with E-state index in [9.17, 15) is 0 Å². The summed E-state index contributed by atoms with van der Waals surface area (Å²) in [7, 11) is 0. The molecule has 0 fully saturated rings. The van der Waals surface area contributed by atoms with Gasteiger partial charge >= 0.3 is 0 Å². The Balaban J connectivity index is 2.41. The smallest absolute Gasteiger partial charge is 0.123 e. The third-order valence-electron chi connectivity index (χ3n) is 2.38. The fourth-order valence-electron chi connectivity index (χ4n) is 1.08. The zero-order valence-corrected chi connectivity index (χ0v) is 7.96. The summed E-state index contributed by atoms with van der Waals surface area (Å²) in [5.41, 5.74) is 0. The van der Waals surface area contributed by atoms with Gasteiger partial charge in [0.15, 0.2) is 0 Å². The van der Waals surface area contributed by atoms with Gasteiger partial charge in [0.2, 0.25) is 0 Å². The molecule has 0 aliphatic rings. The van der Waals surface area contributed by atoms with E-state index in [-0.39, 0.29) is 0 Å². The van der Waals surface area contributed by atoms with Crippen molar-refractivity contribution in [3.05, 3.63) is 12.5 Å². The maximum atomic E-state index is 3.94. The van der Waals surface area contributed by atoms with Crippen LogP contribution < -0.4 is 5.32 Å². The highest BCUT2D eigenvalue weighted by Gasteiger charge is 2.09. The molecule has 0 saturated carbocycles. The first-order valence-corrected chi connectivity index (χ1v) is 4.49. The van der Waals surface area contributed by atoms with Gasteiger partial charge in [-0.2, -0.15) is 0 Å². The Morgan fingerprint density at radius 2 is 2.33 bits per heavy atom. The normalized spacial score (nSPS) is 15.6. The van der Waals surface area contributed by atoms with Crippen molar-refractivity contribution in [3.63, 3.8) is 0 Å². The Hall–Kier alpha value is -0.990. The molecule has 3 heteroatoms. The Kier molecular flexibility index (Phi) is 3.14. The summed E-state index contributed by atoms with van der Waals surface area (Å²) in [5, 5.41) is 3.35. The Labute approximate surface area is 73.6 Å². The van der Waals surface area contributed by atoms with E-state index in [1.54, 1.807) is 12.5 Å². The lowest BCUT2D eigenvalue weighted by Crippen LogP contribution is -2.23. The molecule has 0 aromatic carbocycles. The van der Waals surface area contributed by atoms with Gasteiger partial charge in [0.05, 0.1) is 12.5 Å². The van der Waals surface area contributed by atoms with Crippen LogP contribution >= 0.6 is 0 Å². The summed E-state index contributed by atoms with van der Waals surface area (Å²) in [6, 6.07) is 0.496. The monoisotopic (exact) mass is 167 g/mol. The van der Waals surface area contributed by atoms with Gasteiger partial charge in [0, 0.05) is 6.04 Å². The van der Waals surface area contributed by atoms with Crippen molar-refractivity contribution in [3.8, 4) is 0 Å². The second-order valence-electron chi connectivity index (χ2n) is 3.28. The summed E-state index contributed by atoms with van der Waals surface area (Å²) < 4.78 is 0. The molecule has 2 atom stereocenters. The van der Waals surface area contributed by atoms with Gasteiger partial charge in [-0.3, -0.25) is 0 Å². The molecule has 0 aliphatic heterocycles. The molecular formula is C9H17N3. The molecule has 1 aromatic heterocycles. The van der Waals surface area contributed by atoms with Gasteiger partial charge in [-0.05, 0) is 12.8 Å². The summed E-state index contributed by atoms with van der Waals surface area (Å²) in [5.74, 6) is 1.69. The van der Waals surface area contributed by atoms with E-state index in [0.29, 0.717) is 12.0 Å². The largest absolute Gasteiger partial charge is 0.368 e. The van der Waals surface area contributed by atoms with Crippen LogP contribution in [0.4, 0.5) is 5.82 Å². The van der Waals surface area contributed by atoms with Crippen molar-refractivity contribution in [1.82, 2.24) is 9.97 Å². The van der Waals surface area contributed by atoms with Gasteiger partial charge < -0.3 is 10.3 Å². The first kappa shape index (κ1) is 9.10. The highest BCUT2D eigenvalue weighted by molar-refractivity contribution is 5.31. The summed E-state index contributed by atoms with van der Waals surface area (Å²) in [6.07, 6.45) is 4.69. The molecule has 0 spiro atoms. The van der Waals surface area contributed by atoms with E-state index in [2.05, 4.69) is 36.1 Å². The van der Waals surface area contributed by atoms with Crippen LogP contribution in [-0.4, -0.2) is 16.0 Å². The van der Waals surface area contributed by atoms with E-state index in [4.69, 9.17) is 0 Å². The van der Waals surface area contributed by atoms with Crippen LogP contribution in [0.1, 0.15) is 27.2 Å². The van der Waals surface area contributed by atoms with E-state index < -0.39 is 0 Å². The Morgan fingerprint density at radius 1 is 1.58 bits per heavy atom. The number of nitrogens with zero attached hydrogens (tertiary/aromatic N) is 1. The van der Waals surface area contributed by atoms with Crippen LogP contribution in [0.5, 0.6) is 0 Å². The van der Waals surface area contributed by atoms with Gasteiger partial charge in [0.25, 0.3) is 0 Å². The van der Waals surface area contributed by atoms with Crippen molar-refractivity contribution in [2.45, 2.75) is 33.2 Å². The first-order chi connectivity index (χ1) is 5.74. The predicted octanol–water partition coefficient (Wildman–Crippen LogP) is 2.26. The number of hydrogen-bond donors (Lipinski definition) is 2. The highest BCUT2D eigenvalue weighted by Crippen LogP contribution is 2.11. The van der Waals surface area contributed by atoms with Crippen LogP contribution in [0.15, 0.2) is 12.5 Å². The standard InChI is InChI=1S/C9H17N3/c1-4-7(2)8(3)12-9-5-10-6-11-9/h5-8,12H,4H2,1-3H3,(H,10,11). The number of imidazole rings is 1. The molecule has 1 aromatic rings. The number of nitrogens with one attached hydrogen (secondary N) is 2. The quantitative estimate of drug-likeness (QED) is 0.722. The van der Waals surface area contributed by atoms with Crippen molar-refractivity contribution < 1.29 is 0 Å². The van der Waals surface area contributed by atoms with E-state index in [0.717, 1.165) is 5.82 Å². The Bertz CT molecular complexity index is 206. The zero-order valence-electron chi connectivity index (χ0n) is 7.96. The summed E-state index contributed by atoms with van der Waals surface area (Å²) in [4.78, 5) is 6.97. The second-order valence-corrected chi connectivity index (χ2v) is 3.28. The third-order valence-corrected chi connectivity index (χ3v) is 2.38. The molecule has 12 heavy (non-hydrogen) atoms. The van der Waals surface area contributed by atoms with E-state index >= 15 is 0 Å². The van der Waals surface area contributed by atoms with E-state index in [1.807, 2.05) is 0 Å². The number of aromatic nitrogens is 2. The van der Waals surface area contributed by atoms with Gasteiger partial charge in [-0.25, -0.2) is 4.98 Å². The van der Waals surface area contributed by atoms with Crippen LogP contribution in [0.3, 0.4) is 0 Å². The first-order valence-electron chi connectivity index (χ1n) is 4.49. The molecule has 1 rings (SSSR count). The van der Waals surface area contributed by atoms with Crippen molar-refractivity contribution in [2.24, 2.45) is 5.92 Å². The number of aromatic amines is 1. The molecule has 3 nitrogen and oxygen atoms in total. The molecule has 0 radical (unpaired) electrons. The third kappa shape index (κ3) is 2.26. The molecule has 0 saturated heterocycles. The predicted molar refractivity (Wildman–Crippen MR) is 51.1 cm³/mol. The lowest BCUT2D eigenvalue weighted by Gasteiger charge is -2.19. The lowest BCUT2D eigenvalue weighted by atomic mass is 10.0. The average Bonchev–Trinajstić information content (AvgIpc) is 2.55. The fourth-order valence-corrected chi connectivity index (χ4v) is 1.08. The molecule has 2 N–H and O–H groups in total. The number of hydrogen-bond acceptors (Lipinski definition) is 2. The maximum Gasteiger partial charge on any atom is 0.123 e. The van der Waals surface area contributed by atoms with E-state index in [1.165, 1.54) is 6.42 Å². The van der Waals surface area contributed by atoms with Crippen molar-refractivity contribution in [2.75, 3.05) is 5.32 Å². The zero-order chi connectivity index (χ0) is 8.97. The maximum absolute atomic E-state index is 3.94. The SMILES string of the molecule is CCC(C)C(C)Nc1cnc[nH]1. The minimum atomic E-state index is 0.496. The number of H-pyrrole nitrogens is 1. The molecule has 0 bridgehead atoms. The van der Waals surface area contributed by atoms with Gasteiger partial charge in [-0.1, -0.05) is 20.3 Å². The minimum absolute atomic E-state index is 0.496. The fraction of sp³-hybridized carbons (Fsp3) is 0.667. The molecule has 68 valence electrons. The van der Waals surface area contributed by atoms with Crippen molar-refractivity contribution in [1.29, 1.82) is 0 Å². The molecule has 0 aliphatic carbocycles. The highest BCUT2D eigenvalue weighted by atomic mass is 15.1. The van der Waals surface area contributed by atoms with Crippen LogP contribution in [-0.2, 0) is 0 Å². The average molecular weight is 167 g/mol. The summed E-state index contributed by atoms with van der Waals surface area (Å²) >= 11 is 0. The lowest BCUT2D eigenvalue weighted by molar-refractivity contribution is 0.494.